The normalized spacial score (nSPS) is 36.4. The molecule has 1 heteroatoms. The van der Waals surface area contributed by atoms with Crippen LogP contribution in [0.3, 0.4) is 0 Å². The highest BCUT2D eigenvalue weighted by Crippen LogP contribution is 2.16. The van der Waals surface area contributed by atoms with Crippen LogP contribution >= 0.6 is 0 Å². The standard InChI is InChI=1S/C8H8N/c1-2-4-8-7(3-1)5-6-9-8/h1-4,6-9H. The van der Waals surface area contributed by atoms with E-state index in [0.29, 0.717) is 12.0 Å². The molecule has 1 N–H and O–H groups in total. The average molecular weight is 118 g/mol. The lowest BCUT2D eigenvalue weighted by molar-refractivity contribution is 0.642. The minimum atomic E-state index is 0.481. The van der Waals surface area contributed by atoms with Crippen LogP contribution in [-0.2, 0) is 0 Å². The van der Waals surface area contributed by atoms with Crippen LogP contribution in [0.2, 0.25) is 0 Å². The molecule has 1 aliphatic heterocycles. The fraction of sp³-hybridized carbons (Fsp3) is 0.250. The van der Waals surface area contributed by atoms with E-state index in [2.05, 4.69) is 35.7 Å². The third-order valence-electron chi connectivity index (χ3n) is 1.69. The van der Waals surface area contributed by atoms with Gasteiger partial charge in [-0.15, -0.1) is 0 Å². The molecule has 1 radical (unpaired) electrons. The fourth-order valence-electron chi connectivity index (χ4n) is 1.17. The van der Waals surface area contributed by atoms with E-state index in [1.165, 1.54) is 0 Å². The molecular formula is C8H8N. The van der Waals surface area contributed by atoms with Crippen LogP contribution in [-0.4, -0.2) is 6.04 Å². The van der Waals surface area contributed by atoms with Crippen LogP contribution in [0.4, 0.5) is 0 Å². The summed E-state index contributed by atoms with van der Waals surface area (Å²) in [5, 5.41) is 3.18. The second-order valence-corrected chi connectivity index (χ2v) is 2.30. The van der Waals surface area contributed by atoms with Crippen LogP contribution in [0.5, 0.6) is 0 Å². The Morgan fingerprint density at radius 2 is 2.11 bits per heavy atom. The zero-order valence-corrected chi connectivity index (χ0v) is 5.04. The summed E-state index contributed by atoms with van der Waals surface area (Å²) >= 11 is 0. The number of fused-ring (bicyclic) bond motifs is 1. The average Bonchev–Trinajstić information content (AvgIpc) is 2.33. The second-order valence-electron chi connectivity index (χ2n) is 2.30. The smallest absolute Gasteiger partial charge is 0.0546 e. The number of hydrogen-bond acceptors (Lipinski definition) is 1. The highest BCUT2D eigenvalue weighted by Gasteiger charge is 2.18. The van der Waals surface area contributed by atoms with Crippen LogP contribution in [0.25, 0.3) is 0 Å². The molecule has 0 saturated carbocycles. The van der Waals surface area contributed by atoms with Gasteiger partial charge in [0.25, 0.3) is 0 Å². The first kappa shape index (κ1) is 4.86. The summed E-state index contributed by atoms with van der Waals surface area (Å²) in [6, 6.07) is 0.481. The lowest BCUT2D eigenvalue weighted by Gasteiger charge is -2.13. The lowest BCUT2D eigenvalue weighted by Crippen LogP contribution is -2.23. The Balaban J connectivity index is 2.25. The molecule has 0 aromatic rings. The van der Waals surface area contributed by atoms with Crippen molar-refractivity contribution in [3.63, 3.8) is 0 Å². The van der Waals surface area contributed by atoms with Crippen molar-refractivity contribution < 1.29 is 0 Å². The van der Waals surface area contributed by atoms with Gasteiger partial charge in [0.1, 0.15) is 0 Å². The summed E-state index contributed by atoms with van der Waals surface area (Å²) in [7, 11) is 0. The van der Waals surface area contributed by atoms with Crippen molar-refractivity contribution in [1.82, 2.24) is 5.32 Å². The molecule has 0 fully saturated rings. The van der Waals surface area contributed by atoms with Crippen LogP contribution in [0, 0.1) is 12.0 Å². The van der Waals surface area contributed by atoms with Gasteiger partial charge in [0, 0.05) is 12.1 Å². The Hall–Kier alpha value is -0.980. The van der Waals surface area contributed by atoms with E-state index in [-0.39, 0.29) is 0 Å². The summed E-state index contributed by atoms with van der Waals surface area (Å²) in [5.74, 6) is 0.481. The van der Waals surface area contributed by atoms with Crippen molar-refractivity contribution in [2.75, 3.05) is 0 Å². The Morgan fingerprint density at radius 3 is 3.00 bits per heavy atom. The maximum Gasteiger partial charge on any atom is 0.0546 e. The highest BCUT2D eigenvalue weighted by atomic mass is 14.9. The van der Waals surface area contributed by atoms with E-state index in [1.807, 2.05) is 6.20 Å². The van der Waals surface area contributed by atoms with Crippen molar-refractivity contribution >= 4 is 0 Å². The molecule has 1 nitrogen and oxygen atoms in total. The number of hydrogen-bond donors (Lipinski definition) is 1. The Bertz CT molecular complexity index is 189. The monoisotopic (exact) mass is 118 g/mol. The largest absolute Gasteiger partial charge is 0.383 e. The molecule has 9 heavy (non-hydrogen) atoms. The van der Waals surface area contributed by atoms with Gasteiger partial charge in [0.05, 0.1) is 6.04 Å². The molecule has 0 aromatic heterocycles. The van der Waals surface area contributed by atoms with Gasteiger partial charge in [-0.25, -0.2) is 0 Å². The molecule has 2 rings (SSSR count). The minimum Gasteiger partial charge on any atom is -0.383 e. The fourth-order valence-corrected chi connectivity index (χ4v) is 1.17. The summed E-state index contributed by atoms with van der Waals surface area (Å²) in [6.07, 6.45) is 13.5. The second kappa shape index (κ2) is 1.76. The van der Waals surface area contributed by atoms with Crippen molar-refractivity contribution in [3.05, 3.63) is 36.6 Å². The van der Waals surface area contributed by atoms with Gasteiger partial charge >= 0.3 is 0 Å². The molecule has 1 aliphatic carbocycles. The van der Waals surface area contributed by atoms with Gasteiger partial charge in [-0.1, -0.05) is 24.3 Å². The maximum absolute atomic E-state index is 3.18. The first-order valence-electron chi connectivity index (χ1n) is 3.15. The number of rotatable bonds is 0. The van der Waals surface area contributed by atoms with E-state index >= 15 is 0 Å². The predicted octanol–water partition coefficient (Wildman–Crippen LogP) is 1.02. The maximum atomic E-state index is 3.18. The van der Waals surface area contributed by atoms with Crippen molar-refractivity contribution in [3.8, 4) is 0 Å². The molecule has 2 aliphatic rings. The number of nitrogens with one attached hydrogen (secondary N) is 1. The number of allylic oxidation sites excluding steroid dienone is 2. The topological polar surface area (TPSA) is 12.0 Å². The first-order chi connectivity index (χ1) is 4.47. The lowest BCUT2D eigenvalue weighted by atomic mass is 9.98. The summed E-state index contributed by atoms with van der Waals surface area (Å²) in [6.45, 7) is 0. The molecule has 45 valence electrons. The first-order valence-corrected chi connectivity index (χ1v) is 3.15. The third-order valence-corrected chi connectivity index (χ3v) is 1.69. The third kappa shape index (κ3) is 0.689. The van der Waals surface area contributed by atoms with Crippen LogP contribution in [0.1, 0.15) is 0 Å². The van der Waals surface area contributed by atoms with E-state index in [1.54, 1.807) is 0 Å². The quantitative estimate of drug-likeness (QED) is 0.500. The van der Waals surface area contributed by atoms with E-state index in [9.17, 15) is 0 Å². The van der Waals surface area contributed by atoms with E-state index < -0.39 is 0 Å². The van der Waals surface area contributed by atoms with Gasteiger partial charge in [0.15, 0.2) is 0 Å². The van der Waals surface area contributed by atoms with Gasteiger partial charge in [-0.2, -0.15) is 0 Å². The van der Waals surface area contributed by atoms with E-state index in [0.717, 1.165) is 0 Å². The molecule has 0 spiro atoms. The summed E-state index contributed by atoms with van der Waals surface area (Å²) in [5.41, 5.74) is 0. The molecule has 2 atom stereocenters. The zero-order chi connectivity index (χ0) is 6.10. The van der Waals surface area contributed by atoms with Gasteiger partial charge < -0.3 is 5.32 Å². The Labute approximate surface area is 54.8 Å². The predicted molar refractivity (Wildman–Crippen MR) is 36.5 cm³/mol. The van der Waals surface area contributed by atoms with Gasteiger partial charge in [-0.3, -0.25) is 0 Å². The minimum absolute atomic E-state index is 0.481. The summed E-state index contributed by atoms with van der Waals surface area (Å²) in [4.78, 5) is 0. The molecule has 1 heterocycles. The Morgan fingerprint density at radius 1 is 1.22 bits per heavy atom. The van der Waals surface area contributed by atoms with Gasteiger partial charge in [0.2, 0.25) is 0 Å². The molecule has 0 aromatic carbocycles. The molecule has 0 bridgehead atoms. The van der Waals surface area contributed by atoms with Crippen molar-refractivity contribution in [2.24, 2.45) is 5.92 Å². The van der Waals surface area contributed by atoms with Crippen LogP contribution in [0.15, 0.2) is 30.5 Å². The molecule has 0 saturated heterocycles. The summed E-state index contributed by atoms with van der Waals surface area (Å²) < 4.78 is 0. The van der Waals surface area contributed by atoms with Crippen molar-refractivity contribution in [2.45, 2.75) is 6.04 Å². The van der Waals surface area contributed by atoms with Crippen molar-refractivity contribution in [1.29, 1.82) is 0 Å². The SMILES string of the molecule is [C]1=CNC2C=CC=CC12. The van der Waals surface area contributed by atoms with E-state index in [4.69, 9.17) is 0 Å². The molecule has 2 unspecified atom stereocenters. The van der Waals surface area contributed by atoms with Crippen LogP contribution < -0.4 is 5.32 Å². The molecular weight excluding hydrogens is 110 g/mol. The molecule has 0 amide bonds. The highest BCUT2D eigenvalue weighted by molar-refractivity contribution is 5.22. The zero-order valence-electron chi connectivity index (χ0n) is 5.04. The Kier molecular flexibility index (Phi) is 0.950. The van der Waals surface area contributed by atoms with Gasteiger partial charge in [-0.05, 0) is 6.08 Å².